The van der Waals surface area contributed by atoms with Crippen LogP contribution in [-0.2, 0) is 27.1 Å². The van der Waals surface area contributed by atoms with Gasteiger partial charge in [0.25, 0.3) is 0 Å². The van der Waals surface area contributed by atoms with Crippen LogP contribution < -0.4 is 0 Å². The second-order valence-electron chi connectivity index (χ2n) is 15.6. The van der Waals surface area contributed by atoms with Crippen molar-refractivity contribution in [2.24, 2.45) is 5.41 Å². The minimum Gasteiger partial charge on any atom is -0.410 e. The zero-order chi connectivity index (χ0) is 32.0. The van der Waals surface area contributed by atoms with Crippen LogP contribution in [0.2, 0.25) is 18.1 Å². The van der Waals surface area contributed by atoms with E-state index in [1.165, 1.54) is 12.1 Å². The highest BCUT2D eigenvalue weighted by molar-refractivity contribution is 6.74. The van der Waals surface area contributed by atoms with Crippen LogP contribution in [0.4, 0.5) is 22.0 Å². The highest BCUT2D eigenvalue weighted by Gasteiger charge is 2.59. The Labute approximate surface area is 254 Å². The Morgan fingerprint density at radius 1 is 0.953 bits per heavy atom. The fraction of sp³-hybridized carbons (Fsp3) is 0.676. The van der Waals surface area contributed by atoms with Crippen LogP contribution in [0.5, 0.6) is 0 Å². The number of pyridine rings is 1. The number of hydrogen-bond donors (Lipinski definition) is 0. The molecular weight excluding hydrogens is 577 g/mol. The Bertz CT molecular complexity index is 1370. The standard InChI is InChI=1S/C34H46F5NO2Si/c1-20(2)28-26-27(25-23(40-28)18-31(6,7)19-24(25)42-43(8,9)30(3,4)5)32(16-10-11-17-32)41-29(26)21-12-14-22(15-13-21)33(35,36)34(37,38)39/h12-15,20,24,29H,10-11,16-19H2,1-9H3/t24-,29+/m0/s1. The van der Waals surface area contributed by atoms with Gasteiger partial charge in [0.05, 0.1) is 11.7 Å². The molecule has 1 saturated carbocycles. The summed E-state index contributed by atoms with van der Waals surface area (Å²) in [4.78, 5) is 5.33. The van der Waals surface area contributed by atoms with Crippen LogP contribution >= 0.6 is 0 Å². The molecule has 3 aliphatic rings. The van der Waals surface area contributed by atoms with E-state index in [1.807, 2.05) is 0 Å². The molecule has 43 heavy (non-hydrogen) atoms. The molecule has 3 nitrogen and oxygen atoms in total. The van der Waals surface area contributed by atoms with Crippen molar-refractivity contribution < 1.29 is 31.1 Å². The number of alkyl halides is 5. The molecule has 0 radical (unpaired) electrons. The van der Waals surface area contributed by atoms with Crippen LogP contribution in [0, 0.1) is 5.41 Å². The van der Waals surface area contributed by atoms with E-state index in [0.29, 0.717) is 5.56 Å². The molecule has 1 spiro atoms. The summed E-state index contributed by atoms with van der Waals surface area (Å²) in [6.07, 6.45) is -1.13. The van der Waals surface area contributed by atoms with E-state index in [1.54, 1.807) is 0 Å². The maximum atomic E-state index is 14.2. The fourth-order valence-electron chi connectivity index (χ4n) is 7.05. The van der Waals surface area contributed by atoms with E-state index >= 15 is 0 Å². The van der Waals surface area contributed by atoms with E-state index in [2.05, 4.69) is 61.6 Å². The van der Waals surface area contributed by atoms with Gasteiger partial charge in [0.1, 0.15) is 6.10 Å². The summed E-state index contributed by atoms with van der Waals surface area (Å²) in [6.45, 7) is 20.0. The van der Waals surface area contributed by atoms with Crippen molar-refractivity contribution in [2.45, 2.75) is 141 Å². The third-order valence-electron chi connectivity index (χ3n) is 10.3. The number of aromatic nitrogens is 1. The van der Waals surface area contributed by atoms with Crippen molar-refractivity contribution >= 4 is 8.32 Å². The molecule has 1 aromatic heterocycles. The van der Waals surface area contributed by atoms with Gasteiger partial charge in [-0.2, -0.15) is 22.0 Å². The predicted molar refractivity (Wildman–Crippen MR) is 161 cm³/mol. The smallest absolute Gasteiger partial charge is 0.410 e. The molecule has 0 bridgehead atoms. The first-order valence-electron chi connectivity index (χ1n) is 15.6. The Kier molecular flexibility index (Phi) is 7.83. The maximum absolute atomic E-state index is 14.2. The molecule has 0 amide bonds. The van der Waals surface area contributed by atoms with Gasteiger partial charge in [-0.15, -0.1) is 0 Å². The molecule has 9 heteroatoms. The lowest BCUT2D eigenvalue weighted by Gasteiger charge is -2.45. The number of ether oxygens (including phenoxy) is 1. The maximum Gasteiger partial charge on any atom is 0.458 e. The average Bonchev–Trinajstić information content (AvgIpc) is 3.46. The van der Waals surface area contributed by atoms with Crippen molar-refractivity contribution in [1.29, 1.82) is 0 Å². The summed E-state index contributed by atoms with van der Waals surface area (Å²) in [7, 11) is -2.19. The second-order valence-corrected chi connectivity index (χ2v) is 20.4. The lowest BCUT2D eigenvalue weighted by atomic mass is 9.70. The van der Waals surface area contributed by atoms with Crippen LogP contribution in [-0.4, -0.2) is 19.5 Å². The first-order valence-corrected chi connectivity index (χ1v) is 18.5. The van der Waals surface area contributed by atoms with Crippen LogP contribution in [0.1, 0.15) is 138 Å². The summed E-state index contributed by atoms with van der Waals surface area (Å²) in [5.41, 5.74) is 4.10. The summed E-state index contributed by atoms with van der Waals surface area (Å²) in [5, 5.41) is 0.00747. The number of nitrogens with zero attached hydrogens (tertiary/aromatic N) is 1. The average molecular weight is 624 g/mol. The first-order chi connectivity index (χ1) is 19.6. The van der Waals surface area contributed by atoms with E-state index in [-0.39, 0.29) is 22.5 Å². The molecule has 1 fully saturated rings. The third kappa shape index (κ3) is 5.49. The molecule has 1 aromatic carbocycles. The van der Waals surface area contributed by atoms with Gasteiger partial charge in [0, 0.05) is 28.1 Å². The normalized spacial score (nSPS) is 23.6. The van der Waals surface area contributed by atoms with Crippen molar-refractivity contribution in [1.82, 2.24) is 4.98 Å². The molecule has 5 rings (SSSR count). The highest BCUT2D eigenvalue weighted by Crippen LogP contribution is 2.60. The third-order valence-corrected chi connectivity index (χ3v) is 14.8. The zero-order valence-corrected chi connectivity index (χ0v) is 27.9. The molecule has 238 valence electrons. The summed E-state index contributed by atoms with van der Waals surface area (Å²) in [5.74, 6) is -4.88. The molecule has 0 N–H and O–H groups in total. The topological polar surface area (TPSA) is 31.4 Å². The molecular formula is C34H46F5NO2Si. The Hall–Kier alpha value is -1.84. The number of halogens is 5. The van der Waals surface area contributed by atoms with Gasteiger partial charge >= 0.3 is 12.1 Å². The van der Waals surface area contributed by atoms with E-state index < -0.39 is 37.7 Å². The van der Waals surface area contributed by atoms with E-state index in [9.17, 15) is 22.0 Å². The van der Waals surface area contributed by atoms with Gasteiger partial charge in [0.2, 0.25) is 0 Å². The first kappa shape index (κ1) is 32.5. The molecule has 2 atom stereocenters. The zero-order valence-electron chi connectivity index (χ0n) is 26.9. The lowest BCUT2D eigenvalue weighted by Crippen LogP contribution is -2.44. The minimum atomic E-state index is -5.67. The van der Waals surface area contributed by atoms with Gasteiger partial charge in [-0.05, 0) is 66.3 Å². The highest BCUT2D eigenvalue weighted by atomic mass is 28.4. The quantitative estimate of drug-likeness (QED) is 0.245. The van der Waals surface area contributed by atoms with E-state index in [4.69, 9.17) is 14.1 Å². The Morgan fingerprint density at radius 3 is 2.05 bits per heavy atom. The molecule has 2 aliphatic carbocycles. The number of benzene rings is 1. The fourth-order valence-corrected chi connectivity index (χ4v) is 8.31. The van der Waals surface area contributed by atoms with Gasteiger partial charge in [-0.3, -0.25) is 4.98 Å². The number of rotatable bonds is 5. The Balaban J connectivity index is 1.72. The monoisotopic (exact) mass is 623 g/mol. The number of hydrogen-bond acceptors (Lipinski definition) is 3. The van der Waals surface area contributed by atoms with Crippen molar-refractivity contribution in [3.63, 3.8) is 0 Å². The molecule has 2 aromatic rings. The number of fused-ring (bicyclic) bond motifs is 4. The van der Waals surface area contributed by atoms with Crippen molar-refractivity contribution in [3.8, 4) is 0 Å². The molecule has 2 heterocycles. The Morgan fingerprint density at radius 2 is 1.53 bits per heavy atom. The van der Waals surface area contributed by atoms with Crippen LogP contribution in [0.3, 0.4) is 0 Å². The lowest BCUT2D eigenvalue weighted by molar-refractivity contribution is -0.289. The van der Waals surface area contributed by atoms with Crippen molar-refractivity contribution in [3.05, 3.63) is 63.5 Å². The SMILES string of the molecule is CC(C)c1nc2c(c3c1[C@@H](c1ccc(C(F)(F)C(F)(F)F)cc1)OC31CCCC1)[C@@H](O[Si](C)(C)C(C)(C)C)CC(C)(C)C2. The van der Waals surface area contributed by atoms with Crippen LogP contribution in [0.25, 0.3) is 0 Å². The summed E-state index contributed by atoms with van der Waals surface area (Å²) < 4.78 is 81.9. The second kappa shape index (κ2) is 10.3. The molecule has 0 saturated heterocycles. The minimum absolute atomic E-state index is 0.00747. The van der Waals surface area contributed by atoms with Gasteiger partial charge in [-0.1, -0.05) is 85.6 Å². The predicted octanol–water partition coefficient (Wildman–Crippen LogP) is 10.8. The van der Waals surface area contributed by atoms with Gasteiger partial charge in [-0.25, -0.2) is 0 Å². The van der Waals surface area contributed by atoms with Gasteiger partial charge in [0.15, 0.2) is 8.32 Å². The van der Waals surface area contributed by atoms with Crippen LogP contribution in [0.15, 0.2) is 24.3 Å². The van der Waals surface area contributed by atoms with E-state index in [0.717, 1.165) is 78.7 Å². The van der Waals surface area contributed by atoms with Gasteiger partial charge < -0.3 is 9.16 Å². The summed E-state index contributed by atoms with van der Waals surface area (Å²) >= 11 is 0. The largest absolute Gasteiger partial charge is 0.458 e. The molecule has 0 unspecified atom stereocenters. The summed E-state index contributed by atoms with van der Waals surface area (Å²) in [6, 6.07) is 4.51. The van der Waals surface area contributed by atoms with Crippen molar-refractivity contribution in [2.75, 3.05) is 0 Å². The molecule has 1 aliphatic heterocycles.